The van der Waals surface area contributed by atoms with E-state index >= 15 is 0 Å². The summed E-state index contributed by atoms with van der Waals surface area (Å²) >= 11 is 6.09. The van der Waals surface area contributed by atoms with E-state index in [9.17, 15) is 18.0 Å². The number of piperidine rings is 1. The fourth-order valence-electron chi connectivity index (χ4n) is 3.16. The summed E-state index contributed by atoms with van der Waals surface area (Å²) in [6.07, 6.45) is 0.851. The Morgan fingerprint density at radius 2 is 2.03 bits per heavy atom. The van der Waals surface area contributed by atoms with E-state index in [4.69, 9.17) is 26.0 Å². The molecule has 1 fully saturated rings. The first kappa shape index (κ1) is 23.5. The zero-order chi connectivity index (χ0) is 23.3. The van der Waals surface area contributed by atoms with E-state index in [0.29, 0.717) is 28.0 Å². The number of carbonyl (C=O) groups excluding carboxylic acids is 1. The number of benzene rings is 1. The highest BCUT2D eigenvalue weighted by Crippen LogP contribution is 2.26. The number of H-pyrrole nitrogens is 1. The Morgan fingerprint density at radius 3 is 2.69 bits per heavy atom. The van der Waals surface area contributed by atoms with Gasteiger partial charge in [0, 0.05) is 28.9 Å². The van der Waals surface area contributed by atoms with Crippen molar-refractivity contribution in [1.29, 1.82) is 0 Å². The molecular weight excluding hydrogens is 455 g/mol. The van der Waals surface area contributed by atoms with Crippen molar-refractivity contribution in [3.05, 3.63) is 40.9 Å². The molecule has 3 aromatic rings. The van der Waals surface area contributed by atoms with Gasteiger partial charge in [-0.1, -0.05) is 23.2 Å². The Morgan fingerprint density at radius 1 is 1.28 bits per heavy atom. The fraction of sp³-hybridized carbons (Fsp3) is 0.368. The lowest BCUT2D eigenvalue weighted by Gasteiger charge is -2.21. The number of carboxylic acids is 1. The number of halogens is 4. The monoisotopic (exact) mass is 473 g/mol. The Balaban J connectivity index is 0.000000360. The number of hydrogen-bond acceptors (Lipinski definition) is 6. The highest BCUT2D eigenvalue weighted by molar-refractivity contribution is 6.32. The quantitative estimate of drug-likeness (QED) is 0.453. The van der Waals surface area contributed by atoms with Gasteiger partial charge in [-0.15, -0.1) is 0 Å². The zero-order valence-electron chi connectivity index (χ0n) is 16.5. The second-order valence-corrected chi connectivity index (χ2v) is 7.51. The molecule has 0 aliphatic carbocycles. The van der Waals surface area contributed by atoms with Gasteiger partial charge in [-0.2, -0.15) is 18.3 Å². The van der Waals surface area contributed by atoms with Crippen molar-refractivity contribution >= 4 is 40.1 Å². The number of rotatable bonds is 4. The number of alkyl halides is 3. The van der Waals surface area contributed by atoms with Crippen LogP contribution in [0.5, 0.6) is 0 Å². The van der Waals surface area contributed by atoms with Crippen LogP contribution in [0.4, 0.5) is 18.9 Å². The van der Waals surface area contributed by atoms with Crippen LogP contribution in [0.1, 0.15) is 35.5 Å². The summed E-state index contributed by atoms with van der Waals surface area (Å²) in [6.45, 7) is 1.03. The highest BCUT2D eigenvalue weighted by Gasteiger charge is 2.38. The third-order valence-corrected chi connectivity index (χ3v) is 4.87. The molecule has 1 unspecified atom stereocenters. The second-order valence-electron chi connectivity index (χ2n) is 7.07. The van der Waals surface area contributed by atoms with Crippen molar-refractivity contribution in [3.8, 4) is 0 Å². The van der Waals surface area contributed by atoms with Crippen molar-refractivity contribution in [3.63, 3.8) is 0 Å². The molecule has 1 aromatic carbocycles. The number of aromatic nitrogens is 3. The maximum absolute atomic E-state index is 12.5. The van der Waals surface area contributed by atoms with Gasteiger partial charge in [0.25, 0.3) is 5.91 Å². The van der Waals surface area contributed by atoms with Gasteiger partial charge in [0.05, 0.1) is 17.4 Å². The molecule has 4 rings (SSSR count). The predicted molar refractivity (Wildman–Crippen MR) is 109 cm³/mol. The molecule has 0 radical (unpaired) electrons. The van der Waals surface area contributed by atoms with Crippen LogP contribution < -0.4 is 10.6 Å². The van der Waals surface area contributed by atoms with Crippen LogP contribution in [0, 0.1) is 0 Å². The molecule has 1 aliphatic rings. The number of aliphatic carboxylic acids is 1. The molecule has 3 heterocycles. The third-order valence-electron chi connectivity index (χ3n) is 4.66. The first-order chi connectivity index (χ1) is 15.1. The smallest absolute Gasteiger partial charge is 0.475 e. The van der Waals surface area contributed by atoms with Crippen molar-refractivity contribution in [2.75, 3.05) is 11.9 Å². The predicted octanol–water partition coefficient (Wildman–Crippen LogP) is 3.77. The Hall–Kier alpha value is -3.12. The molecule has 13 heteroatoms. The summed E-state index contributed by atoms with van der Waals surface area (Å²) < 4.78 is 37.1. The fourth-order valence-corrected chi connectivity index (χ4v) is 3.39. The minimum absolute atomic E-state index is 0.249. The SMILES string of the molecule is O=C(Nc1cc(Cl)cc2cn[nH]c12)c1cc(CC2CCCCN2)on1.O=C(O)C(F)(F)F. The average Bonchev–Trinajstić information content (AvgIpc) is 3.38. The molecule has 1 atom stereocenters. The lowest BCUT2D eigenvalue weighted by Crippen LogP contribution is -2.35. The van der Waals surface area contributed by atoms with Crippen LogP contribution >= 0.6 is 11.6 Å². The standard InChI is InChI=1S/C17H18ClN5O2.C2HF3O2/c18-11-5-10-9-20-22-16(10)14(6-11)21-17(24)15-8-13(25-23-15)7-12-3-1-2-4-19-12;3-2(4,5)1(6)7/h5-6,8-9,12,19H,1-4,7H2,(H,20,22)(H,21,24);(H,6,7). The summed E-state index contributed by atoms with van der Waals surface area (Å²) in [6, 6.07) is 5.53. The number of nitrogens with zero attached hydrogens (tertiary/aromatic N) is 2. The van der Waals surface area contributed by atoms with Crippen LogP contribution in [-0.4, -0.2) is 51.1 Å². The maximum atomic E-state index is 12.5. The van der Waals surface area contributed by atoms with Gasteiger partial charge >= 0.3 is 12.1 Å². The molecule has 4 N–H and O–H groups in total. The van der Waals surface area contributed by atoms with Crippen molar-refractivity contribution < 1.29 is 32.4 Å². The van der Waals surface area contributed by atoms with Crippen molar-refractivity contribution in [1.82, 2.24) is 20.7 Å². The Kier molecular flexibility index (Phi) is 7.36. The number of anilines is 1. The van der Waals surface area contributed by atoms with E-state index in [1.807, 2.05) is 0 Å². The Bertz CT molecular complexity index is 1090. The number of aromatic amines is 1. The molecule has 1 amide bonds. The number of hydrogen-bond donors (Lipinski definition) is 4. The van der Waals surface area contributed by atoms with E-state index in [2.05, 4.69) is 26.0 Å². The van der Waals surface area contributed by atoms with Crippen LogP contribution in [0.2, 0.25) is 5.02 Å². The molecule has 1 saturated heterocycles. The van der Waals surface area contributed by atoms with E-state index in [1.54, 1.807) is 24.4 Å². The molecule has 172 valence electrons. The number of carbonyl (C=O) groups is 2. The van der Waals surface area contributed by atoms with Gasteiger partial charge in [-0.25, -0.2) is 4.79 Å². The second kappa shape index (κ2) is 10.0. The summed E-state index contributed by atoms with van der Waals surface area (Å²) in [5, 5.41) is 25.5. The van der Waals surface area contributed by atoms with Crippen LogP contribution in [0.25, 0.3) is 10.9 Å². The molecule has 0 saturated carbocycles. The molecule has 2 aromatic heterocycles. The van der Waals surface area contributed by atoms with Crippen molar-refractivity contribution in [2.24, 2.45) is 0 Å². The van der Waals surface area contributed by atoms with Gasteiger partial charge in [-0.05, 0) is 31.5 Å². The number of nitrogens with one attached hydrogen (secondary N) is 3. The first-order valence-electron chi connectivity index (χ1n) is 9.56. The molecule has 0 bridgehead atoms. The first-order valence-corrected chi connectivity index (χ1v) is 9.94. The van der Waals surface area contributed by atoms with E-state index in [1.165, 1.54) is 12.8 Å². The van der Waals surface area contributed by atoms with Crippen LogP contribution in [-0.2, 0) is 11.2 Å². The molecule has 0 spiro atoms. The summed E-state index contributed by atoms with van der Waals surface area (Å²) in [4.78, 5) is 21.4. The number of amides is 1. The topological polar surface area (TPSA) is 133 Å². The van der Waals surface area contributed by atoms with Crippen LogP contribution in [0.15, 0.2) is 28.9 Å². The van der Waals surface area contributed by atoms with Crippen LogP contribution in [0.3, 0.4) is 0 Å². The summed E-state index contributed by atoms with van der Waals surface area (Å²) in [5.74, 6) is -2.39. The van der Waals surface area contributed by atoms with Gasteiger partial charge in [0.2, 0.25) is 0 Å². The van der Waals surface area contributed by atoms with Crippen molar-refractivity contribution in [2.45, 2.75) is 37.9 Å². The van der Waals surface area contributed by atoms with Gasteiger partial charge < -0.3 is 20.3 Å². The largest absolute Gasteiger partial charge is 0.490 e. The summed E-state index contributed by atoms with van der Waals surface area (Å²) in [7, 11) is 0. The normalized spacial score (nSPS) is 16.3. The zero-order valence-corrected chi connectivity index (χ0v) is 17.3. The van der Waals surface area contributed by atoms with E-state index in [0.717, 1.165) is 24.8 Å². The Labute approximate surface area is 184 Å². The number of fused-ring (bicyclic) bond motifs is 1. The number of carboxylic acid groups (broad SMARTS) is 1. The third kappa shape index (κ3) is 6.20. The summed E-state index contributed by atoms with van der Waals surface area (Å²) in [5.41, 5.74) is 1.52. The molecule has 32 heavy (non-hydrogen) atoms. The highest BCUT2D eigenvalue weighted by atomic mass is 35.5. The van der Waals surface area contributed by atoms with Gasteiger partial charge in [0.15, 0.2) is 5.69 Å². The van der Waals surface area contributed by atoms with Gasteiger partial charge in [-0.3, -0.25) is 9.89 Å². The minimum atomic E-state index is -5.08. The van der Waals surface area contributed by atoms with E-state index < -0.39 is 12.1 Å². The maximum Gasteiger partial charge on any atom is 0.490 e. The lowest BCUT2D eigenvalue weighted by atomic mass is 10.0. The van der Waals surface area contributed by atoms with Gasteiger partial charge in [0.1, 0.15) is 5.76 Å². The lowest BCUT2D eigenvalue weighted by molar-refractivity contribution is -0.192. The van der Waals surface area contributed by atoms with E-state index in [-0.39, 0.29) is 11.6 Å². The molecular formula is C19H19ClF3N5O4. The molecule has 9 nitrogen and oxygen atoms in total. The minimum Gasteiger partial charge on any atom is -0.475 e. The molecule has 1 aliphatic heterocycles. The average molecular weight is 474 g/mol.